The van der Waals surface area contributed by atoms with Gasteiger partial charge in [-0.1, -0.05) is 0 Å². The standard InChI is InChI=1S/C12H25N3OS/c1-3-16-10-4-7-13-12(17)14-8-9-15(2)11-5-6-11/h11H,3-10H2,1-2H3,(H2,13,14,17). The molecule has 1 fully saturated rings. The fourth-order valence-electron chi connectivity index (χ4n) is 1.63. The Labute approximate surface area is 110 Å². The minimum absolute atomic E-state index is 0.755. The minimum atomic E-state index is 0.755. The van der Waals surface area contributed by atoms with E-state index in [1.165, 1.54) is 12.8 Å². The van der Waals surface area contributed by atoms with Crippen molar-refractivity contribution in [2.24, 2.45) is 0 Å². The van der Waals surface area contributed by atoms with Crippen molar-refractivity contribution in [3.05, 3.63) is 0 Å². The van der Waals surface area contributed by atoms with Crippen molar-refractivity contribution in [2.75, 3.05) is 39.9 Å². The van der Waals surface area contributed by atoms with Gasteiger partial charge in [0.1, 0.15) is 0 Å². The minimum Gasteiger partial charge on any atom is -0.382 e. The van der Waals surface area contributed by atoms with E-state index in [9.17, 15) is 0 Å². The van der Waals surface area contributed by atoms with E-state index in [1.54, 1.807) is 0 Å². The number of thiocarbonyl (C=S) groups is 1. The largest absolute Gasteiger partial charge is 0.382 e. The smallest absolute Gasteiger partial charge is 0.166 e. The molecule has 0 atom stereocenters. The van der Waals surface area contributed by atoms with E-state index >= 15 is 0 Å². The molecule has 0 aromatic rings. The fourth-order valence-corrected chi connectivity index (χ4v) is 1.83. The maximum Gasteiger partial charge on any atom is 0.166 e. The lowest BCUT2D eigenvalue weighted by Gasteiger charge is -2.17. The van der Waals surface area contributed by atoms with Crippen molar-refractivity contribution in [3.63, 3.8) is 0 Å². The second-order valence-corrected chi connectivity index (χ2v) is 4.85. The van der Waals surface area contributed by atoms with Gasteiger partial charge >= 0.3 is 0 Å². The Morgan fingerprint density at radius 1 is 1.35 bits per heavy atom. The van der Waals surface area contributed by atoms with Crippen molar-refractivity contribution >= 4 is 17.3 Å². The van der Waals surface area contributed by atoms with E-state index in [0.29, 0.717) is 0 Å². The van der Waals surface area contributed by atoms with Gasteiger partial charge in [-0.3, -0.25) is 0 Å². The summed E-state index contributed by atoms with van der Waals surface area (Å²) in [5.74, 6) is 0. The molecule has 2 N–H and O–H groups in total. The van der Waals surface area contributed by atoms with Crippen molar-refractivity contribution in [1.82, 2.24) is 15.5 Å². The molecule has 1 saturated carbocycles. The average Bonchev–Trinajstić information content (AvgIpc) is 3.12. The zero-order valence-electron chi connectivity index (χ0n) is 11.0. The summed E-state index contributed by atoms with van der Waals surface area (Å²) < 4.78 is 5.25. The molecule has 0 heterocycles. The average molecular weight is 259 g/mol. The number of hydrogen-bond donors (Lipinski definition) is 2. The van der Waals surface area contributed by atoms with Gasteiger partial charge in [0.2, 0.25) is 0 Å². The maximum atomic E-state index is 5.25. The molecule has 0 aliphatic heterocycles. The van der Waals surface area contributed by atoms with E-state index < -0.39 is 0 Å². The summed E-state index contributed by atoms with van der Waals surface area (Å²) >= 11 is 5.18. The number of hydrogen-bond acceptors (Lipinski definition) is 3. The Morgan fingerprint density at radius 3 is 2.71 bits per heavy atom. The van der Waals surface area contributed by atoms with Gasteiger partial charge in [0.15, 0.2) is 5.11 Å². The molecule has 1 aliphatic rings. The first-order chi connectivity index (χ1) is 8.24. The highest BCUT2D eigenvalue weighted by Crippen LogP contribution is 2.24. The van der Waals surface area contributed by atoms with Crippen LogP contribution in [0, 0.1) is 0 Å². The third-order valence-electron chi connectivity index (χ3n) is 2.88. The van der Waals surface area contributed by atoms with Crippen LogP contribution in [0.5, 0.6) is 0 Å². The van der Waals surface area contributed by atoms with Gasteiger partial charge in [-0.05, 0) is 45.5 Å². The summed E-state index contributed by atoms with van der Waals surface area (Å²) in [6.45, 7) is 6.46. The van der Waals surface area contributed by atoms with E-state index in [2.05, 4.69) is 22.6 Å². The summed E-state index contributed by atoms with van der Waals surface area (Å²) in [5.41, 5.74) is 0. The highest BCUT2D eigenvalue weighted by Gasteiger charge is 2.25. The van der Waals surface area contributed by atoms with E-state index in [0.717, 1.165) is 50.4 Å². The molecule has 4 nitrogen and oxygen atoms in total. The van der Waals surface area contributed by atoms with E-state index in [1.807, 2.05) is 6.92 Å². The number of ether oxygens (including phenoxy) is 1. The fraction of sp³-hybridized carbons (Fsp3) is 0.917. The quantitative estimate of drug-likeness (QED) is 0.477. The maximum absolute atomic E-state index is 5.25. The summed E-state index contributed by atoms with van der Waals surface area (Å²) in [4.78, 5) is 2.39. The molecule has 0 aromatic carbocycles. The van der Waals surface area contributed by atoms with Crippen LogP contribution in [0.4, 0.5) is 0 Å². The van der Waals surface area contributed by atoms with E-state index in [-0.39, 0.29) is 0 Å². The molecule has 1 rings (SSSR count). The predicted molar refractivity (Wildman–Crippen MR) is 75.4 cm³/mol. The molecule has 1 aliphatic carbocycles. The molecule has 0 radical (unpaired) electrons. The van der Waals surface area contributed by atoms with Crippen molar-refractivity contribution in [3.8, 4) is 0 Å². The summed E-state index contributed by atoms with van der Waals surface area (Å²) in [6.07, 6.45) is 3.71. The van der Waals surface area contributed by atoms with Gasteiger partial charge < -0.3 is 20.3 Å². The molecule has 0 spiro atoms. The molecule has 0 bridgehead atoms. The third kappa shape index (κ3) is 7.52. The third-order valence-corrected chi connectivity index (χ3v) is 3.16. The highest BCUT2D eigenvalue weighted by atomic mass is 32.1. The van der Waals surface area contributed by atoms with Crippen molar-refractivity contribution in [2.45, 2.75) is 32.2 Å². The zero-order chi connectivity index (χ0) is 12.5. The molecule has 5 heteroatoms. The molecule has 100 valence electrons. The van der Waals surface area contributed by atoms with Crippen molar-refractivity contribution < 1.29 is 4.74 Å². The van der Waals surface area contributed by atoms with Crippen LogP contribution in [0.2, 0.25) is 0 Å². The first kappa shape index (κ1) is 14.7. The van der Waals surface area contributed by atoms with Crippen LogP contribution in [-0.2, 0) is 4.74 Å². The van der Waals surface area contributed by atoms with Crippen LogP contribution >= 0.6 is 12.2 Å². The summed E-state index contributed by atoms with van der Waals surface area (Å²) in [6, 6.07) is 0.824. The van der Waals surface area contributed by atoms with Gasteiger partial charge in [0.05, 0.1) is 0 Å². The molecular weight excluding hydrogens is 234 g/mol. The van der Waals surface area contributed by atoms with Gasteiger partial charge in [0.25, 0.3) is 0 Å². The van der Waals surface area contributed by atoms with Crippen LogP contribution in [-0.4, -0.2) is 55.9 Å². The molecule has 0 saturated heterocycles. The molecule has 17 heavy (non-hydrogen) atoms. The number of nitrogens with one attached hydrogen (secondary N) is 2. The first-order valence-corrected chi connectivity index (χ1v) is 6.94. The van der Waals surface area contributed by atoms with Crippen LogP contribution in [0.1, 0.15) is 26.2 Å². The molecule has 0 amide bonds. The number of likely N-dealkylation sites (N-methyl/N-ethyl adjacent to an activating group) is 1. The summed E-state index contributed by atoms with van der Waals surface area (Å²) in [7, 11) is 2.18. The molecule has 0 aromatic heterocycles. The SMILES string of the molecule is CCOCCCNC(=S)NCCN(C)C1CC1. The zero-order valence-corrected chi connectivity index (χ0v) is 11.8. The van der Waals surface area contributed by atoms with Crippen molar-refractivity contribution in [1.29, 1.82) is 0 Å². The molecule has 0 unspecified atom stereocenters. The monoisotopic (exact) mass is 259 g/mol. The lowest BCUT2D eigenvalue weighted by Crippen LogP contribution is -2.40. The summed E-state index contributed by atoms with van der Waals surface area (Å²) in [5, 5.41) is 7.16. The Kier molecular flexibility index (Phi) is 7.48. The second kappa shape index (κ2) is 8.66. The van der Waals surface area contributed by atoms with Crippen LogP contribution in [0.25, 0.3) is 0 Å². The van der Waals surface area contributed by atoms with Gasteiger partial charge in [0, 0.05) is 38.9 Å². The normalized spacial score (nSPS) is 15.0. The number of rotatable bonds is 9. The Morgan fingerprint density at radius 2 is 2.06 bits per heavy atom. The van der Waals surface area contributed by atoms with E-state index in [4.69, 9.17) is 17.0 Å². The van der Waals surface area contributed by atoms with Crippen LogP contribution < -0.4 is 10.6 Å². The predicted octanol–water partition coefficient (Wildman–Crippen LogP) is 0.971. The highest BCUT2D eigenvalue weighted by molar-refractivity contribution is 7.80. The lowest BCUT2D eigenvalue weighted by molar-refractivity contribution is 0.145. The Bertz CT molecular complexity index is 222. The lowest BCUT2D eigenvalue weighted by atomic mass is 10.4. The van der Waals surface area contributed by atoms with Crippen LogP contribution in [0.15, 0.2) is 0 Å². The first-order valence-electron chi connectivity index (χ1n) is 6.53. The topological polar surface area (TPSA) is 36.5 Å². The second-order valence-electron chi connectivity index (χ2n) is 4.44. The van der Waals surface area contributed by atoms with Crippen LogP contribution in [0.3, 0.4) is 0 Å². The number of nitrogens with zero attached hydrogens (tertiary/aromatic N) is 1. The molecular formula is C12H25N3OS. The van der Waals surface area contributed by atoms with Gasteiger partial charge in [-0.15, -0.1) is 0 Å². The Hall–Kier alpha value is -0.390. The van der Waals surface area contributed by atoms with Gasteiger partial charge in [-0.25, -0.2) is 0 Å². The van der Waals surface area contributed by atoms with Gasteiger partial charge in [-0.2, -0.15) is 0 Å². The Balaban J connectivity index is 1.86.